The van der Waals surface area contributed by atoms with E-state index in [9.17, 15) is 0 Å². The van der Waals surface area contributed by atoms with E-state index >= 15 is 0 Å². The Morgan fingerprint density at radius 2 is 0.744 bits per heavy atom. The first-order chi connectivity index (χ1) is 17.4. The summed E-state index contributed by atoms with van der Waals surface area (Å²) in [5.41, 5.74) is 0.397. The molecule has 0 heterocycles. The predicted octanol–water partition coefficient (Wildman–Crippen LogP) is 10.4. The molecule has 0 aromatic rings. The quantitative estimate of drug-likeness (QED) is 0.0955. The molecule has 0 spiro atoms. The average molecular weight is 640 g/mol. The van der Waals surface area contributed by atoms with E-state index in [1.165, 1.54) is 0 Å². The summed E-state index contributed by atoms with van der Waals surface area (Å²) in [5.74, 6) is 0. The zero-order chi connectivity index (χ0) is 31.4. The summed E-state index contributed by atoms with van der Waals surface area (Å²) >= 11 is 0. The van der Waals surface area contributed by atoms with Crippen LogP contribution in [0.1, 0.15) is 149 Å². The normalized spacial score (nSPS) is 15.0. The molecule has 39 heavy (non-hydrogen) atoms. The molecule has 6 nitrogen and oxygen atoms in total. The fourth-order valence-corrected chi connectivity index (χ4v) is 2.72. The van der Waals surface area contributed by atoms with Crippen LogP contribution in [0.3, 0.4) is 0 Å². The predicted molar refractivity (Wildman–Crippen MR) is 171 cm³/mol. The topological polar surface area (TPSA) is 90.5 Å². The van der Waals surface area contributed by atoms with Crippen molar-refractivity contribution in [2.24, 2.45) is 10.8 Å². The number of rotatable bonds is 16. The maximum atomic E-state index is 7.75. The van der Waals surface area contributed by atoms with E-state index in [-0.39, 0.29) is 53.7 Å². The Kier molecular flexibility index (Phi) is 30.4. The van der Waals surface area contributed by atoms with Gasteiger partial charge in [-0.05, 0) is 0 Å². The van der Waals surface area contributed by atoms with Crippen LogP contribution in [0.15, 0.2) is 0 Å². The van der Waals surface area contributed by atoms with Crippen molar-refractivity contribution in [2.45, 2.75) is 185 Å². The standard InChI is InChI=1S/2C15H32N2.2CHO.Ru/c2*1-9-12(4)16-13(14(5,6)10-2)17-15(7,8)11-3;2*1-2;/h2*12-13H,9-11H2,1-8H3;2*1H;/q2*-2;2*-1;+6. The van der Waals surface area contributed by atoms with Crippen LogP contribution in [0, 0.1) is 10.8 Å². The molecule has 0 rings (SSSR count). The van der Waals surface area contributed by atoms with Crippen LogP contribution in [-0.2, 0) is 29.1 Å². The Morgan fingerprint density at radius 1 is 0.513 bits per heavy atom. The minimum absolute atomic E-state index is 0. The van der Waals surface area contributed by atoms with E-state index < -0.39 is 0 Å². The smallest absolute Gasteiger partial charge is 0.675 e. The van der Waals surface area contributed by atoms with Crippen LogP contribution < -0.4 is 0 Å². The summed E-state index contributed by atoms with van der Waals surface area (Å²) in [6, 6.07) is 0.810. The Balaban J connectivity index is -0.000000171. The first-order valence-corrected chi connectivity index (χ1v) is 14.7. The minimum Gasteiger partial charge on any atom is -0.675 e. The molecule has 0 radical (unpaired) electrons. The molecule has 0 bridgehead atoms. The van der Waals surface area contributed by atoms with Gasteiger partial charge in [0.05, 0.1) is 0 Å². The van der Waals surface area contributed by atoms with Crippen LogP contribution in [0.5, 0.6) is 0 Å². The third-order valence-corrected chi connectivity index (χ3v) is 7.87. The fraction of sp³-hybridized carbons (Fsp3) is 0.938. The van der Waals surface area contributed by atoms with Crippen molar-refractivity contribution < 1.29 is 29.1 Å². The molecule has 0 aliphatic carbocycles. The zero-order valence-corrected chi connectivity index (χ0v) is 30.4. The third kappa shape index (κ3) is 23.1. The molecule has 0 N–H and O–H groups in total. The molecular formula is C32H66N4O2Ru. The number of hydrogen-bond donors (Lipinski definition) is 0. The van der Waals surface area contributed by atoms with E-state index in [0.717, 1.165) is 38.5 Å². The molecule has 0 saturated heterocycles. The van der Waals surface area contributed by atoms with Gasteiger partial charge in [0, 0.05) is 0 Å². The first-order valence-electron chi connectivity index (χ1n) is 14.7. The van der Waals surface area contributed by atoms with Gasteiger partial charge in [0.25, 0.3) is 0 Å². The van der Waals surface area contributed by atoms with Crippen LogP contribution >= 0.6 is 0 Å². The van der Waals surface area contributed by atoms with Gasteiger partial charge in [-0.2, -0.15) is 0 Å². The van der Waals surface area contributed by atoms with Gasteiger partial charge in [0.15, 0.2) is 0 Å². The summed E-state index contributed by atoms with van der Waals surface area (Å²) in [7, 11) is 0. The van der Waals surface area contributed by atoms with Gasteiger partial charge in [0.2, 0.25) is 0 Å². The van der Waals surface area contributed by atoms with Crippen LogP contribution in [0.4, 0.5) is 0 Å². The zero-order valence-electron chi connectivity index (χ0n) is 28.7. The molecule has 0 fully saturated rings. The van der Waals surface area contributed by atoms with Gasteiger partial charge >= 0.3 is 19.5 Å². The van der Waals surface area contributed by atoms with Crippen molar-refractivity contribution in [3.05, 3.63) is 21.3 Å². The molecule has 4 atom stereocenters. The average Bonchev–Trinajstić information content (AvgIpc) is 2.90. The number of hydrogen-bond acceptors (Lipinski definition) is 2. The monoisotopic (exact) mass is 640 g/mol. The van der Waals surface area contributed by atoms with E-state index in [0.29, 0.717) is 12.1 Å². The van der Waals surface area contributed by atoms with Crippen LogP contribution in [-0.4, -0.2) is 49.1 Å². The largest absolute Gasteiger partial charge is 6.00 e. The molecule has 0 aromatic heterocycles. The van der Waals surface area contributed by atoms with Gasteiger partial charge in [-0.1, -0.05) is 160 Å². The molecule has 0 saturated carbocycles. The summed E-state index contributed by atoms with van der Waals surface area (Å²) in [4.78, 5) is 15.5. The van der Waals surface area contributed by atoms with Crippen molar-refractivity contribution in [3.8, 4) is 0 Å². The van der Waals surface area contributed by atoms with E-state index in [4.69, 9.17) is 30.9 Å². The number of carbonyl (C=O) groups excluding carboxylic acids is 2. The third-order valence-electron chi connectivity index (χ3n) is 7.87. The molecule has 0 amide bonds. The van der Waals surface area contributed by atoms with E-state index in [1.807, 2.05) is 0 Å². The van der Waals surface area contributed by atoms with Crippen molar-refractivity contribution in [2.75, 3.05) is 0 Å². The Hall–Kier alpha value is -0.197. The van der Waals surface area contributed by atoms with Gasteiger partial charge in [0.1, 0.15) is 0 Å². The minimum atomic E-state index is 0. The second-order valence-electron chi connectivity index (χ2n) is 12.8. The molecule has 0 aliphatic heterocycles. The first kappa shape index (κ1) is 48.5. The maximum Gasteiger partial charge on any atom is 6.00 e. The summed E-state index contributed by atoms with van der Waals surface area (Å²) < 4.78 is 0. The Labute approximate surface area is 258 Å². The molecule has 234 valence electrons. The van der Waals surface area contributed by atoms with Crippen LogP contribution in [0.2, 0.25) is 0 Å². The van der Waals surface area contributed by atoms with E-state index in [2.05, 4.69) is 124 Å². The summed E-state index contributed by atoms with van der Waals surface area (Å²) in [6.07, 6.45) is 6.80. The van der Waals surface area contributed by atoms with Crippen molar-refractivity contribution in [1.82, 2.24) is 0 Å². The summed E-state index contributed by atoms with van der Waals surface area (Å²) in [6.45, 7) is 42.0. The molecular weight excluding hydrogens is 573 g/mol. The van der Waals surface area contributed by atoms with Gasteiger partial charge in [-0.3, -0.25) is 13.6 Å². The molecule has 0 aliphatic rings. The number of nitrogens with zero attached hydrogens (tertiary/aromatic N) is 4. The van der Waals surface area contributed by atoms with Gasteiger partial charge in [-0.25, -0.2) is 12.3 Å². The second-order valence-corrected chi connectivity index (χ2v) is 12.8. The van der Waals surface area contributed by atoms with Crippen molar-refractivity contribution >= 4 is 13.6 Å². The molecule has 4 unspecified atom stereocenters. The second kappa shape index (κ2) is 24.4. The molecule has 0 aromatic carbocycles. The Morgan fingerprint density at radius 3 is 0.897 bits per heavy atom. The van der Waals surface area contributed by atoms with Crippen molar-refractivity contribution in [3.63, 3.8) is 0 Å². The maximum absolute atomic E-state index is 7.75. The fourth-order valence-electron chi connectivity index (χ4n) is 2.72. The Bertz CT molecular complexity index is 508. The van der Waals surface area contributed by atoms with Crippen molar-refractivity contribution in [1.29, 1.82) is 0 Å². The van der Waals surface area contributed by atoms with Crippen LogP contribution in [0.25, 0.3) is 21.3 Å². The van der Waals surface area contributed by atoms with E-state index in [1.54, 1.807) is 0 Å². The van der Waals surface area contributed by atoms with Gasteiger partial charge < -0.3 is 30.9 Å². The SMILES string of the molecule is CCC(C)[N-]C([N-]C(C)(C)CC)C(C)(C)CC.CCC(C)[N-]C([N-]C(C)(C)CC)C(C)(C)CC.[CH-]=O.[CH-]=O.[Ru+6]. The van der Waals surface area contributed by atoms with Gasteiger partial charge in [-0.15, -0.1) is 23.2 Å². The molecule has 7 heteroatoms. The summed E-state index contributed by atoms with van der Waals surface area (Å²) in [5, 5.41) is 19.8.